The summed E-state index contributed by atoms with van der Waals surface area (Å²) in [6.45, 7) is 0. The maximum atomic E-state index is 11.2. The van der Waals surface area contributed by atoms with Gasteiger partial charge in [-0.25, -0.2) is 0 Å². The highest BCUT2D eigenvalue weighted by Crippen LogP contribution is 2.35. The number of rotatable bonds is 2. The highest BCUT2D eigenvalue weighted by atomic mass is 79.9. The number of ether oxygens (including phenoxy) is 2. The van der Waals surface area contributed by atoms with E-state index in [1.54, 1.807) is 0 Å². The third-order valence-corrected chi connectivity index (χ3v) is 3.18. The second-order valence-corrected chi connectivity index (χ2v) is 4.21. The zero-order valence-electron chi connectivity index (χ0n) is 7.57. The van der Waals surface area contributed by atoms with Crippen LogP contribution in [0.5, 0.6) is 0 Å². The second kappa shape index (κ2) is 3.88. The fraction of sp³-hybridized carbons (Fsp3) is 0.778. The molecule has 2 aliphatic rings. The lowest BCUT2D eigenvalue weighted by molar-refractivity contribution is -0.158. The van der Waals surface area contributed by atoms with E-state index in [0.29, 0.717) is 6.42 Å². The summed E-state index contributed by atoms with van der Waals surface area (Å²) in [7, 11) is 0. The summed E-state index contributed by atoms with van der Waals surface area (Å²) in [5, 5.41) is 0.188. The van der Waals surface area contributed by atoms with Crippen molar-refractivity contribution in [1.82, 2.24) is 0 Å². The van der Waals surface area contributed by atoms with Crippen LogP contribution in [0.25, 0.3) is 0 Å². The monoisotopic (exact) mass is 262 g/mol. The first-order valence-corrected chi connectivity index (χ1v) is 5.79. The van der Waals surface area contributed by atoms with E-state index in [-0.39, 0.29) is 35.4 Å². The molecule has 1 heterocycles. The van der Waals surface area contributed by atoms with Gasteiger partial charge in [-0.15, -0.1) is 0 Å². The van der Waals surface area contributed by atoms with Crippen LogP contribution in [0.2, 0.25) is 0 Å². The van der Waals surface area contributed by atoms with Crippen LogP contribution in [0.15, 0.2) is 0 Å². The fourth-order valence-electron chi connectivity index (χ4n) is 2.02. The lowest BCUT2D eigenvalue weighted by Gasteiger charge is -2.25. The van der Waals surface area contributed by atoms with E-state index in [4.69, 9.17) is 9.47 Å². The second-order valence-electron chi connectivity index (χ2n) is 3.65. The molecule has 0 aromatic heterocycles. The largest absolute Gasteiger partial charge is 0.458 e. The Morgan fingerprint density at radius 1 is 1.57 bits per heavy atom. The minimum Gasteiger partial charge on any atom is -0.458 e. The van der Waals surface area contributed by atoms with Crippen LogP contribution in [0, 0.1) is 5.92 Å². The molecule has 3 atom stereocenters. The summed E-state index contributed by atoms with van der Waals surface area (Å²) in [5.41, 5.74) is 0. The van der Waals surface area contributed by atoms with Crippen LogP contribution in [0.1, 0.15) is 19.3 Å². The standard InChI is InChI=1S/C9H11BrO4/c10-4-8(11)13-6-2-1-5-3-7(6)14-9(5)12/h5-7H,1-4H2. The lowest BCUT2D eigenvalue weighted by Crippen LogP contribution is -2.33. The predicted molar refractivity (Wildman–Crippen MR) is 50.9 cm³/mol. The Morgan fingerprint density at radius 3 is 3.07 bits per heavy atom. The molecule has 3 unspecified atom stereocenters. The number of fused-ring (bicyclic) bond motifs is 2. The minimum absolute atomic E-state index is 0.0407. The number of carbonyl (C=O) groups is 2. The van der Waals surface area contributed by atoms with Crippen molar-refractivity contribution < 1.29 is 19.1 Å². The van der Waals surface area contributed by atoms with E-state index in [1.807, 2.05) is 0 Å². The van der Waals surface area contributed by atoms with E-state index in [2.05, 4.69) is 15.9 Å². The number of hydrogen-bond acceptors (Lipinski definition) is 4. The molecule has 0 radical (unpaired) electrons. The van der Waals surface area contributed by atoms with Crippen LogP contribution in [0.3, 0.4) is 0 Å². The topological polar surface area (TPSA) is 52.6 Å². The van der Waals surface area contributed by atoms with E-state index in [1.165, 1.54) is 0 Å². The van der Waals surface area contributed by atoms with Crippen molar-refractivity contribution >= 4 is 27.9 Å². The molecule has 14 heavy (non-hydrogen) atoms. The summed E-state index contributed by atoms with van der Waals surface area (Å²) >= 11 is 3.02. The fourth-order valence-corrected chi connectivity index (χ4v) is 2.15. The zero-order valence-corrected chi connectivity index (χ0v) is 9.16. The molecule has 2 rings (SSSR count). The van der Waals surface area contributed by atoms with Crippen LogP contribution < -0.4 is 0 Å². The summed E-state index contributed by atoms with van der Waals surface area (Å²) in [5.74, 6) is -0.386. The molecule has 1 aliphatic heterocycles. The molecule has 0 aromatic carbocycles. The Hall–Kier alpha value is -0.580. The van der Waals surface area contributed by atoms with Gasteiger partial charge in [-0.1, -0.05) is 15.9 Å². The van der Waals surface area contributed by atoms with E-state index < -0.39 is 0 Å². The molecule has 1 saturated heterocycles. The van der Waals surface area contributed by atoms with Crippen molar-refractivity contribution in [3.8, 4) is 0 Å². The Labute approximate surface area is 90.1 Å². The molecule has 2 bridgehead atoms. The molecule has 1 saturated carbocycles. The molecule has 2 fully saturated rings. The first-order valence-electron chi connectivity index (χ1n) is 4.66. The quantitative estimate of drug-likeness (QED) is 0.551. The smallest absolute Gasteiger partial charge is 0.316 e. The lowest BCUT2D eigenvalue weighted by atomic mass is 9.88. The van der Waals surface area contributed by atoms with Crippen LogP contribution >= 0.6 is 15.9 Å². The van der Waals surface area contributed by atoms with Crippen molar-refractivity contribution in [1.29, 1.82) is 0 Å². The predicted octanol–water partition coefficient (Wildman–Crippen LogP) is 1.02. The third-order valence-electron chi connectivity index (χ3n) is 2.72. The number of hydrogen-bond donors (Lipinski definition) is 0. The summed E-state index contributed by atoms with van der Waals surface area (Å²) in [6.07, 6.45) is 1.78. The average Bonchev–Trinajstić information content (AvgIpc) is 2.48. The summed E-state index contributed by atoms with van der Waals surface area (Å²) in [6, 6.07) is 0. The molecule has 78 valence electrons. The molecule has 5 heteroatoms. The van der Waals surface area contributed by atoms with Gasteiger partial charge in [-0.3, -0.25) is 9.59 Å². The van der Waals surface area contributed by atoms with Gasteiger partial charge in [0.25, 0.3) is 0 Å². The molecule has 0 amide bonds. The Balaban J connectivity index is 1.95. The van der Waals surface area contributed by atoms with Gasteiger partial charge in [0.05, 0.1) is 5.92 Å². The number of halogens is 1. The molecule has 0 spiro atoms. The van der Waals surface area contributed by atoms with Crippen LogP contribution in [-0.4, -0.2) is 29.5 Å². The van der Waals surface area contributed by atoms with E-state index in [9.17, 15) is 9.59 Å². The van der Waals surface area contributed by atoms with Gasteiger partial charge in [-0.2, -0.15) is 0 Å². The van der Waals surface area contributed by atoms with Gasteiger partial charge in [0.2, 0.25) is 0 Å². The maximum Gasteiger partial charge on any atom is 0.316 e. The third kappa shape index (κ3) is 1.78. The number of carbonyl (C=O) groups excluding carboxylic acids is 2. The van der Waals surface area contributed by atoms with E-state index in [0.717, 1.165) is 12.8 Å². The highest BCUT2D eigenvalue weighted by Gasteiger charge is 2.44. The highest BCUT2D eigenvalue weighted by molar-refractivity contribution is 9.09. The first kappa shape index (κ1) is 9.96. The molecule has 0 aromatic rings. The normalized spacial score (nSPS) is 35.2. The number of alkyl halides is 1. The maximum absolute atomic E-state index is 11.2. The Morgan fingerprint density at radius 2 is 2.36 bits per heavy atom. The first-order chi connectivity index (χ1) is 6.70. The van der Waals surface area contributed by atoms with Crippen LogP contribution in [-0.2, 0) is 19.1 Å². The Bertz CT molecular complexity index is 266. The summed E-state index contributed by atoms with van der Waals surface area (Å²) in [4.78, 5) is 22.2. The van der Waals surface area contributed by atoms with Crippen molar-refractivity contribution in [2.45, 2.75) is 31.5 Å². The van der Waals surface area contributed by atoms with Gasteiger partial charge in [0, 0.05) is 6.42 Å². The Kier molecular flexibility index (Phi) is 2.76. The van der Waals surface area contributed by atoms with Crippen LogP contribution in [0.4, 0.5) is 0 Å². The summed E-state index contributed by atoms with van der Waals surface area (Å²) < 4.78 is 10.3. The minimum atomic E-state index is -0.295. The van der Waals surface area contributed by atoms with Gasteiger partial charge in [-0.05, 0) is 12.8 Å². The molecular formula is C9H11BrO4. The molecular weight excluding hydrogens is 252 g/mol. The number of esters is 2. The molecule has 0 N–H and O–H groups in total. The van der Waals surface area contributed by atoms with Crippen molar-refractivity contribution in [2.24, 2.45) is 5.92 Å². The molecule has 1 aliphatic carbocycles. The van der Waals surface area contributed by atoms with Gasteiger partial charge >= 0.3 is 11.9 Å². The van der Waals surface area contributed by atoms with Gasteiger partial charge < -0.3 is 9.47 Å². The molecule has 4 nitrogen and oxygen atoms in total. The van der Waals surface area contributed by atoms with Crippen molar-refractivity contribution in [3.05, 3.63) is 0 Å². The SMILES string of the molecule is O=C(CBr)OC1CCC2CC1OC2=O. The van der Waals surface area contributed by atoms with Crippen molar-refractivity contribution in [3.63, 3.8) is 0 Å². The zero-order chi connectivity index (χ0) is 10.1. The average molecular weight is 263 g/mol. The van der Waals surface area contributed by atoms with E-state index >= 15 is 0 Å². The van der Waals surface area contributed by atoms with Gasteiger partial charge in [0.15, 0.2) is 0 Å². The van der Waals surface area contributed by atoms with Gasteiger partial charge in [0.1, 0.15) is 17.5 Å². The van der Waals surface area contributed by atoms with Crippen molar-refractivity contribution in [2.75, 3.05) is 5.33 Å².